The van der Waals surface area contributed by atoms with E-state index in [2.05, 4.69) is 38.8 Å². The van der Waals surface area contributed by atoms with Crippen LogP contribution in [0.1, 0.15) is 26.3 Å². The SMILES string of the molecule is CC(=N)c1c(N)nc(-c2ccc(NSc3cc(Cl)ccc3F)cc2)nc1NCCN(CCO)C(C)C. The van der Waals surface area contributed by atoms with Crippen LogP contribution in [0.25, 0.3) is 11.4 Å². The Morgan fingerprint density at radius 2 is 1.92 bits per heavy atom. The van der Waals surface area contributed by atoms with Crippen molar-refractivity contribution < 1.29 is 9.50 Å². The fourth-order valence-corrected chi connectivity index (χ4v) is 4.49. The number of aliphatic hydroxyl groups is 1. The summed E-state index contributed by atoms with van der Waals surface area (Å²) in [6, 6.07) is 12.0. The third-order valence-corrected chi connectivity index (χ3v) is 6.54. The maximum absolute atomic E-state index is 14.0. The Labute approximate surface area is 220 Å². The summed E-state index contributed by atoms with van der Waals surface area (Å²) in [6.07, 6.45) is 0. The van der Waals surface area contributed by atoms with Crippen molar-refractivity contribution >= 4 is 46.6 Å². The van der Waals surface area contributed by atoms with Crippen molar-refractivity contribution in [3.8, 4) is 11.4 Å². The minimum Gasteiger partial charge on any atom is -0.395 e. The Balaban J connectivity index is 1.76. The molecule has 0 atom stereocenters. The topological polar surface area (TPSA) is 123 Å². The van der Waals surface area contributed by atoms with Crippen LogP contribution in [0.2, 0.25) is 5.02 Å². The number of nitrogens with two attached hydrogens (primary N) is 1. The molecule has 2 aromatic carbocycles. The van der Waals surface area contributed by atoms with Crippen molar-refractivity contribution in [1.82, 2.24) is 14.9 Å². The van der Waals surface area contributed by atoms with Gasteiger partial charge in [0.15, 0.2) is 5.82 Å². The van der Waals surface area contributed by atoms with Crippen molar-refractivity contribution in [3.05, 3.63) is 58.9 Å². The van der Waals surface area contributed by atoms with E-state index in [1.165, 1.54) is 12.1 Å². The molecule has 8 nitrogen and oxygen atoms in total. The molecule has 0 bridgehead atoms. The average molecular weight is 532 g/mol. The van der Waals surface area contributed by atoms with Crippen LogP contribution in [-0.4, -0.2) is 58.0 Å². The van der Waals surface area contributed by atoms with Crippen LogP contribution in [0.5, 0.6) is 0 Å². The smallest absolute Gasteiger partial charge is 0.163 e. The van der Waals surface area contributed by atoms with E-state index in [4.69, 9.17) is 22.7 Å². The quantitative estimate of drug-likeness (QED) is 0.161. The first-order valence-corrected chi connectivity index (χ1v) is 12.7. The summed E-state index contributed by atoms with van der Waals surface area (Å²) in [5.41, 5.74) is 8.46. The van der Waals surface area contributed by atoms with Crippen LogP contribution in [0, 0.1) is 11.2 Å². The number of nitrogens with one attached hydrogen (secondary N) is 3. The van der Waals surface area contributed by atoms with Crippen LogP contribution >= 0.6 is 23.5 Å². The second kappa shape index (κ2) is 12.9. The van der Waals surface area contributed by atoms with Gasteiger partial charge in [0.1, 0.15) is 17.5 Å². The summed E-state index contributed by atoms with van der Waals surface area (Å²) in [4.78, 5) is 11.6. The highest BCUT2D eigenvalue weighted by Gasteiger charge is 2.16. The molecule has 0 saturated carbocycles. The number of aromatic nitrogens is 2. The van der Waals surface area contributed by atoms with Crippen molar-refractivity contribution in [2.24, 2.45) is 0 Å². The van der Waals surface area contributed by atoms with Crippen LogP contribution < -0.4 is 15.8 Å². The number of halogens is 2. The fraction of sp³-hybridized carbons (Fsp3) is 0.320. The first kappa shape index (κ1) is 27.7. The second-order valence-corrected chi connectivity index (χ2v) is 9.70. The van der Waals surface area contributed by atoms with Gasteiger partial charge >= 0.3 is 0 Å². The van der Waals surface area contributed by atoms with Gasteiger partial charge in [0.25, 0.3) is 0 Å². The molecule has 6 N–H and O–H groups in total. The predicted octanol–water partition coefficient (Wildman–Crippen LogP) is 5.14. The van der Waals surface area contributed by atoms with E-state index >= 15 is 0 Å². The summed E-state index contributed by atoms with van der Waals surface area (Å²) in [6.45, 7) is 7.72. The zero-order chi connectivity index (χ0) is 26.2. The molecule has 11 heteroatoms. The normalized spacial score (nSPS) is 11.2. The van der Waals surface area contributed by atoms with Crippen LogP contribution in [0.15, 0.2) is 47.4 Å². The highest BCUT2D eigenvalue weighted by atomic mass is 35.5. The molecule has 1 heterocycles. The molecular formula is C25H31ClFN7OS. The van der Waals surface area contributed by atoms with Crippen molar-refractivity contribution in [1.29, 1.82) is 5.41 Å². The molecule has 36 heavy (non-hydrogen) atoms. The molecule has 0 saturated heterocycles. The number of benzene rings is 2. The van der Waals surface area contributed by atoms with E-state index in [-0.39, 0.29) is 30.0 Å². The molecule has 0 amide bonds. The second-order valence-electron chi connectivity index (χ2n) is 8.42. The van der Waals surface area contributed by atoms with Gasteiger partial charge in [-0.2, -0.15) is 0 Å². The lowest BCUT2D eigenvalue weighted by atomic mass is 10.1. The van der Waals surface area contributed by atoms with Crippen LogP contribution in [0.4, 0.5) is 21.7 Å². The Bertz CT molecular complexity index is 1190. The van der Waals surface area contributed by atoms with E-state index in [0.29, 0.717) is 46.8 Å². The molecule has 3 rings (SSSR count). The zero-order valence-electron chi connectivity index (χ0n) is 20.5. The minimum atomic E-state index is -0.355. The van der Waals surface area contributed by atoms with Gasteiger partial charge in [-0.25, -0.2) is 14.4 Å². The molecule has 0 fully saturated rings. The van der Waals surface area contributed by atoms with Crippen molar-refractivity contribution in [3.63, 3.8) is 0 Å². The number of hydrogen-bond acceptors (Lipinski definition) is 9. The van der Waals surface area contributed by atoms with Gasteiger partial charge in [-0.05, 0) is 75.2 Å². The number of anilines is 3. The molecule has 0 spiro atoms. The monoisotopic (exact) mass is 531 g/mol. The summed E-state index contributed by atoms with van der Waals surface area (Å²) in [5, 5.41) is 21.2. The van der Waals surface area contributed by atoms with Crippen LogP contribution in [0.3, 0.4) is 0 Å². The van der Waals surface area contributed by atoms with E-state index in [0.717, 1.165) is 23.2 Å². The zero-order valence-corrected chi connectivity index (χ0v) is 22.1. The maximum Gasteiger partial charge on any atom is 0.163 e. The average Bonchev–Trinajstić information content (AvgIpc) is 2.83. The number of rotatable bonds is 12. The number of nitrogen functional groups attached to an aromatic ring is 1. The highest BCUT2D eigenvalue weighted by Crippen LogP contribution is 2.29. The highest BCUT2D eigenvalue weighted by molar-refractivity contribution is 8.00. The third kappa shape index (κ3) is 7.30. The number of hydrogen-bond donors (Lipinski definition) is 5. The lowest BCUT2D eigenvalue weighted by Crippen LogP contribution is -2.37. The predicted molar refractivity (Wildman–Crippen MR) is 148 cm³/mol. The van der Waals surface area contributed by atoms with Gasteiger partial charge in [-0.15, -0.1) is 0 Å². The van der Waals surface area contributed by atoms with Crippen LogP contribution in [-0.2, 0) is 0 Å². The van der Waals surface area contributed by atoms with E-state index in [1.807, 2.05) is 24.3 Å². The first-order valence-electron chi connectivity index (χ1n) is 11.5. The molecule has 3 aromatic rings. The fourth-order valence-electron chi connectivity index (χ4n) is 3.54. The molecule has 0 aliphatic heterocycles. The molecule has 0 radical (unpaired) electrons. The van der Waals surface area contributed by atoms with Crippen molar-refractivity contribution in [2.75, 3.05) is 42.0 Å². The Kier molecular flexibility index (Phi) is 9.89. The Morgan fingerprint density at radius 3 is 2.56 bits per heavy atom. The number of aliphatic hydroxyl groups excluding tert-OH is 1. The molecule has 1 aromatic heterocycles. The van der Waals surface area contributed by atoms with Gasteiger partial charge in [-0.1, -0.05) is 11.6 Å². The van der Waals surface area contributed by atoms with Gasteiger partial charge in [0, 0.05) is 47.7 Å². The molecule has 0 aliphatic carbocycles. The summed E-state index contributed by atoms with van der Waals surface area (Å²) < 4.78 is 17.1. The first-order chi connectivity index (χ1) is 17.2. The van der Waals surface area contributed by atoms with E-state index in [9.17, 15) is 9.50 Å². The summed E-state index contributed by atoms with van der Waals surface area (Å²) in [5.74, 6) is 0.787. The largest absolute Gasteiger partial charge is 0.395 e. The lowest BCUT2D eigenvalue weighted by molar-refractivity contribution is 0.171. The van der Waals surface area contributed by atoms with Gasteiger partial charge in [0.05, 0.1) is 17.1 Å². The Morgan fingerprint density at radius 1 is 1.19 bits per heavy atom. The standard InChI is InChI=1S/C25H31ClFN7OS/c1-15(2)34(12-13-35)11-10-30-25-22(16(3)28)23(29)31-24(32-25)17-4-7-19(8-5-17)33-36-21-14-18(26)6-9-20(21)27/h4-9,14-15,28,33,35H,10-13H2,1-3H3,(H3,29,30,31,32). The lowest BCUT2D eigenvalue weighted by Gasteiger charge is -2.26. The summed E-state index contributed by atoms with van der Waals surface area (Å²) in [7, 11) is 0. The third-order valence-electron chi connectivity index (χ3n) is 5.44. The van der Waals surface area contributed by atoms with Gasteiger partial charge in [-0.3, -0.25) is 4.90 Å². The summed E-state index contributed by atoms with van der Waals surface area (Å²) >= 11 is 7.08. The van der Waals surface area contributed by atoms with Crippen molar-refractivity contribution in [2.45, 2.75) is 31.7 Å². The van der Waals surface area contributed by atoms with E-state index in [1.54, 1.807) is 13.0 Å². The molecule has 0 unspecified atom stereocenters. The Hall–Kier alpha value is -2.92. The maximum atomic E-state index is 14.0. The number of nitrogens with zero attached hydrogens (tertiary/aromatic N) is 3. The molecule has 0 aliphatic rings. The van der Waals surface area contributed by atoms with E-state index < -0.39 is 0 Å². The van der Waals surface area contributed by atoms with Gasteiger partial charge < -0.3 is 26.3 Å². The minimum absolute atomic E-state index is 0.0883. The molecular weight excluding hydrogens is 501 g/mol. The molecule has 192 valence electrons. The van der Waals surface area contributed by atoms with Gasteiger partial charge in [0.2, 0.25) is 0 Å².